The number of rotatable bonds is 6. The zero-order valence-corrected chi connectivity index (χ0v) is 48.4. The highest BCUT2D eigenvalue weighted by molar-refractivity contribution is 7.64. The van der Waals surface area contributed by atoms with Crippen LogP contribution in [0.25, 0.3) is 0 Å². The predicted molar refractivity (Wildman–Crippen MR) is 324 cm³/mol. The van der Waals surface area contributed by atoms with Crippen LogP contribution < -0.4 is 0 Å². The normalized spacial score (nSPS) is 35.7. The Morgan fingerprint density at radius 3 is 1.72 bits per heavy atom. The van der Waals surface area contributed by atoms with Crippen molar-refractivity contribution in [2.24, 2.45) is 47.3 Å². The van der Waals surface area contributed by atoms with Gasteiger partial charge in [0.05, 0.1) is 20.5 Å². The van der Waals surface area contributed by atoms with Gasteiger partial charge in [0.1, 0.15) is 20.1 Å². The SMILES string of the molecule is C1CB2CCCC(C1)CC1CCCC(CCC1)C2.C1CCCB(CC2CCCCCPC2)CCC1.CCC1CCCC2CCCB(CCC2)C1.CCCC1CCC[B]C2B3B2C3CCC(CP)C1. The van der Waals surface area contributed by atoms with Crippen molar-refractivity contribution in [2.75, 3.05) is 18.5 Å². The minimum atomic E-state index is 1.01. The van der Waals surface area contributed by atoms with Crippen molar-refractivity contribution in [3.63, 3.8) is 0 Å². The fraction of sp³-hybridized carbons (Fsp3) is 1.00. The molecule has 0 aromatic rings. The molecule has 8 bridgehead atoms. The topological polar surface area (TPSA) is 0 Å². The summed E-state index contributed by atoms with van der Waals surface area (Å²) in [5, 5.41) is 0. The van der Waals surface area contributed by atoms with E-state index in [0.29, 0.717) is 0 Å². The third-order valence-electron chi connectivity index (χ3n) is 21.8. The van der Waals surface area contributed by atoms with E-state index < -0.39 is 0 Å². The molecule has 14 saturated heterocycles. The van der Waals surface area contributed by atoms with Crippen molar-refractivity contribution in [1.82, 2.24) is 0 Å². The summed E-state index contributed by atoms with van der Waals surface area (Å²) in [6, 6.07) is 0. The second-order valence-corrected chi connectivity index (χ2v) is 29.1. The van der Waals surface area contributed by atoms with Gasteiger partial charge in [-0.3, -0.25) is 0 Å². The predicted octanol–water partition coefficient (Wildman–Crippen LogP) is 19.7. The van der Waals surface area contributed by atoms with E-state index >= 15 is 0 Å². The highest BCUT2D eigenvalue weighted by Crippen LogP contribution is 2.65. The summed E-state index contributed by atoms with van der Waals surface area (Å²) in [4.78, 5) is 0. The molecule has 8 heteroatoms. The van der Waals surface area contributed by atoms with Crippen molar-refractivity contribution < 1.29 is 0 Å². The van der Waals surface area contributed by atoms with E-state index in [2.05, 4.69) is 30.4 Å². The average Bonchev–Trinajstić information content (AvgIpc) is 4.21. The Labute approximate surface area is 435 Å². The molecule has 6 atom stereocenters. The van der Waals surface area contributed by atoms with Crippen molar-refractivity contribution in [1.29, 1.82) is 0 Å². The molecule has 0 aromatic carbocycles. The zero-order chi connectivity index (χ0) is 47.0. The molecule has 0 amide bonds. The van der Waals surface area contributed by atoms with Crippen molar-refractivity contribution >= 4 is 58.4 Å². The summed E-state index contributed by atoms with van der Waals surface area (Å²) in [5.74, 6) is 8.61. The van der Waals surface area contributed by atoms with E-state index in [4.69, 9.17) is 0 Å². The van der Waals surface area contributed by atoms with Gasteiger partial charge in [-0.05, 0) is 85.1 Å². The second-order valence-electron chi connectivity index (χ2n) is 27.2. The van der Waals surface area contributed by atoms with Gasteiger partial charge in [-0.25, -0.2) is 0 Å². The monoisotopic (exact) mass is 964 g/mol. The third kappa shape index (κ3) is 21.1. The first-order chi connectivity index (χ1) is 33.6. The van der Waals surface area contributed by atoms with Gasteiger partial charge in [0.25, 0.3) is 0 Å². The maximum absolute atomic E-state index is 3.02. The lowest BCUT2D eigenvalue weighted by molar-refractivity contribution is 0.258. The zero-order valence-electron chi connectivity index (χ0n) is 46.3. The van der Waals surface area contributed by atoms with Crippen molar-refractivity contribution in [2.45, 2.75) is 313 Å². The largest absolute Gasteiger partial charge is 0.140 e. The molecule has 15 aliphatic rings. The Hall–Kier alpha value is 1.25. The van der Waals surface area contributed by atoms with Crippen LogP contribution in [0.3, 0.4) is 0 Å². The molecule has 0 N–H and O–H groups in total. The molecule has 1 saturated carbocycles. The summed E-state index contributed by atoms with van der Waals surface area (Å²) >= 11 is 0. The van der Waals surface area contributed by atoms with Crippen LogP contribution in [0, 0.1) is 47.3 Å². The molecule has 15 rings (SSSR count). The molecule has 1 radical (unpaired) electrons. The van der Waals surface area contributed by atoms with Gasteiger partial charge in [0, 0.05) is 0 Å². The van der Waals surface area contributed by atoms with Crippen LogP contribution in [0.15, 0.2) is 0 Å². The minimum Gasteiger partial charge on any atom is -0.137 e. The standard InChI is InChI=1S/C17H31B.C15H30BP.C14H27B3P.C14H27B/c1-5-15-6-2-8-17(7-1)14-18-11-3-9-16(13-15)10-4-12-18;1-2-6-10-16(11-7-3-1)13-15-9-5-4-8-12-17-14-15;1-2-4-11-5-3-8-15-14-16-13(17(14)16)7-6-12(9-11)10-18;1-2-13-6-3-7-14-8-4-10-15(12-13)11-5-9-14/h15-17H,1-14H2;15,17H,1-14H2;11-14H,2-10,18H2,1H3;13-14H,2-12H2,1H3. The molecular formula is C60H115B6P2. The summed E-state index contributed by atoms with van der Waals surface area (Å²) in [6.45, 7) is 10.4. The molecule has 0 aromatic heterocycles. The molecular weight excluding hydrogens is 847 g/mol. The number of hydrogen-bond acceptors (Lipinski definition) is 0. The average molecular weight is 963 g/mol. The Kier molecular flexibility index (Phi) is 27.9. The van der Waals surface area contributed by atoms with Crippen LogP contribution in [0.1, 0.15) is 239 Å². The fourth-order valence-electron chi connectivity index (χ4n) is 17.5. The van der Waals surface area contributed by atoms with Crippen LogP contribution in [0.2, 0.25) is 74.5 Å². The Bertz CT molecular complexity index is 1170. The Morgan fingerprint density at radius 2 is 1.04 bits per heavy atom. The fourth-order valence-corrected chi connectivity index (χ4v) is 19.4. The smallest absolute Gasteiger partial charge is 0.137 e. The van der Waals surface area contributed by atoms with E-state index in [0.717, 1.165) is 78.8 Å². The quantitative estimate of drug-likeness (QED) is 0.184. The minimum absolute atomic E-state index is 1.01. The molecule has 14 heterocycles. The van der Waals surface area contributed by atoms with Crippen LogP contribution in [0.5, 0.6) is 0 Å². The highest BCUT2D eigenvalue weighted by atomic mass is 31.1. The van der Waals surface area contributed by atoms with E-state index in [1.54, 1.807) is 172 Å². The lowest BCUT2D eigenvalue weighted by Crippen LogP contribution is -2.24. The van der Waals surface area contributed by atoms with Gasteiger partial charge >= 0.3 is 0 Å². The van der Waals surface area contributed by atoms with Crippen LogP contribution >= 0.6 is 17.8 Å². The highest BCUT2D eigenvalue weighted by Gasteiger charge is 2.75. The van der Waals surface area contributed by atoms with Crippen LogP contribution in [0.4, 0.5) is 0 Å². The molecule has 15 fully saturated rings. The molecule has 383 valence electrons. The first kappa shape index (κ1) is 57.0. The van der Waals surface area contributed by atoms with Gasteiger partial charge in [0.2, 0.25) is 0 Å². The molecule has 68 heavy (non-hydrogen) atoms. The summed E-state index contributed by atoms with van der Waals surface area (Å²) in [5.41, 5.74) is 2.24. The molecule has 14 aliphatic heterocycles. The number of hydrogen-bond donors (Lipinski definition) is 0. The van der Waals surface area contributed by atoms with Gasteiger partial charge < -0.3 is 0 Å². The Balaban J connectivity index is 0.000000135. The summed E-state index contributed by atoms with van der Waals surface area (Å²) < 4.78 is 0. The van der Waals surface area contributed by atoms with E-state index in [9.17, 15) is 0 Å². The second kappa shape index (κ2) is 33.3. The van der Waals surface area contributed by atoms with Crippen LogP contribution in [-0.2, 0) is 0 Å². The molecule has 1 aliphatic carbocycles. The molecule has 0 nitrogen and oxygen atoms in total. The van der Waals surface area contributed by atoms with Gasteiger partial charge in [-0.15, -0.1) is 23.4 Å². The van der Waals surface area contributed by atoms with Gasteiger partial charge in [-0.2, -0.15) is 0 Å². The molecule has 6 unspecified atom stereocenters. The lowest BCUT2D eigenvalue weighted by atomic mass is 9.38. The van der Waals surface area contributed by atoms with E-state index in [-0.39, 0.29) is 0 Å². The first-order valence-electron chi connectivity index (χ1n) is 32.8. The lowest BCUT2D eigenvalue weighted by Gasteiger charge is -2.32. The van der Waals surface area contributed by atoms with Crippen molar-refractivity contribution in [3.8, 4) is 0 Å². The van der Waals surface area contributed by atoms with Gasteiger partial charge in [0.15, 0.2) is 0 Å². The molecule has 0 spiro atoms. The third-order valence-corrected chi connectivity index (χ3v) is 24.1. The van der Waals surface area contributed by atoms with E-state index in [1.807, 2.05) is 0 Å². The number of fused-ring (bicyclic) bond motifs is 16. The summed E-state index contributed by atoms with van der Waals surface area (Å²) in [6.07, 6.45) is 73.5. The first-order valence-corrected chi connectivity index (χ1v) is 35.0. The van der Waals surface area contributed by atoms with Crippen molar-refractivity contribution in [3.05, 3.63) is 0 Å². The van der Waals surface area contributed by atoms with Crippen LogP contribution in [-0.4, -0.2) is 59.1 Å². The Morgan fingerprint density at radius 1 is 0.471 bits per heavy atom. The van der Waals surface area contributed by atoms with E-state index in [1.165, 1.54) is 156 Å². The maximum atomic E-state index is 3.02. The summed E-state index contributed by atoms with van der Waals surface area (Å²) in [7, 11) is 6.99. The maximum Gasteiger partial charge on any atom is 0.140 e. The van der Waals surface area contributed by atoms with Gasteiger partial charge in [-0.1, -0.05) is 288 Å².